The van der Waals surface area contributed by atoms with Crippen LogP contribution in [0.25, 0.3) is 0 Å². The number of nitrogens with two attached hydrogens (primary N) is 1. The first-order chi connectivity index (χ1) is 8.85. The molecule has 2 atom stereocenters. The summed E-state index contributed by atoms with van der Waals surface area (Å²) in [5.74, 6) is -1.11. The van der Waals surface area contributed by atoms with Crippen LogP contribution in [0.15, 0.2) is 0 Å². The molecule has 3 amide bonds. The minimum Gasteiger partial charge on any atom is -0.469 e. The summed E-state index contributed by atoms with van der Waals surface area (Å²) in [6.45, 7) is 4.11. The van der Waals surface area contributed by atoms with Crippen LogP contribution in [-0.4, -0.2) is 49.0 Å². The number of piperidine rings is 1. The van der Waals surface area contributed by atoms with Gasteiger partial charge < -0.3 is 20.7 Å². The second-order valence-corrected chi connectivity index (χ2v) is 5.06. The van der Waals surface area contributed by atoms with Crippen LogP contribution in [-0.2, 0) is 14.3 Å². The van der Waals surface area contributed by atoms with E-state index in [9.17, 15) is 14.4 Å². The van der Waals surface area contributed by atoms with Crippen LogP contribution >= 0.6 is 0 Å². The fourth-order valence-corrected chi connectivity index (χ4v) is 2.09. The van der Waals surface area contributed by atoms with E-state index < -0.39 is 17.9 Å². The van der Waals surface area contributed by atoms with E-state index in [4.69, 9.17) is 5.73 Å². The summed E-state index contributed by atoms with van der Waals surface area (Å²) < 4.78 is 4.69. The van der Waals surface area contributed by atoms with Gasteiger partial charge in [0.2, 0.25) is 5.91 Å². The number of ether oxygens (including phenoxy) is 1. The molecule has 0 aromatic rings. The number of urea groups is 1. The molecule has 19 heavy (non-hydrogen) atoms. The van der Waals surface area contributed by atoms with E-state index in [0.717, 1.165) is 0 Å². The van der Waals surface area contributed by atoms with E-state index in [-0.39, 0.29) is 24.4 Å². The van der Waals surface area contributed by atoms with Gasteiger partial charge in [-0.25, -0.2) is 4.79 Å². The Morgan fingerprint density at radius 3 is 2.42 bits per heavy atom. The van der Waals surface area contributed by atoms with E-state index in [1.165, 1.54) is 12.0 Å². The maximum atomic E-state index is 11.7. The molecule has 0 bridgehead atoms. The molecule has 0 spiro atoms. The molecule has 3 N–H and O–H groups in total. The Hall–Kier alpha value is -1.79. The lowest BCUT2D eigenvalue weighted by Crippen LogP contribution is -2.55. The number of methoxy groups -OCH3 is 1. The van der Waals surface area contributed by atoms with E-state index in [1.54, 1.807) is 13.8 Å². The topological polar surface area (TPSA) is 102 Å². The van der Waals surface area contributed by atoms with Gasteiger partial charge in [-0.05, 0) is 6.42 Å². The molecule has 1 heterocycles. The van der Waals surface area contributed by atoms with E-state index in [0.29, 0.717) is 13.0 Å². The van der Waals surface area contributed by atoms with E-state index in [2.05, 4.69) is 10.1 Å². The first-order valence-corrected chi connectivity index (χ1v) is 6.27. The lowest BCUT2D eigenvalue weighted by molar-refractivity contribution is -0.147. The lowest BCUT2D eigenvalue weighted by Gasteiger charge is -2.36. The Morgan fingerprint density at radius 2 is 1.95 bits per heavy atom. The summed E-state index contributed by atoms with van der Waals surface area (Å²) >= 11 is 0. The number of primary amides is 1. The van der Waals surface area contributed by atoms with E-state index >= 15 is 0 Å². The number of rotatable bonds is 3. The van der Waals surface area contributed by atoms with Crippen LogP contribution in [0.4, 0.5) is 4.79 Å². The number of likely N-dealkylation sites (tertiary alicyclic amines) is 1. The largest absolute Gasteiger partial charge is 0.469 e. The molecule has 1 saturated heterocycles. The first-order valence-electron chi connectivity index (χ1n) is 6.27. The predicted molar refractivity (Wildman–Crippen MR) is 68.0 cm³/mol. The number of carbonyl (C=O) groups excluding carboxylic acids is 3. The van der Waals surface area contributed by atoms with Crippen LogP contribution in [0.1, 0.15) is 20.3 Å². The number of nitrogens with zero attached hydrogens (tertiary/aromatic N) is 1. The molecule has 1 rings (SSSR count). The van der Waals surface area contributed by atoms with Gasteiger partial charge in [-0.1, -0.05) is 13.8 Å². The quantitative estimate of drug-likeness (QED) is 0.688. The maximum Gasteiger partial charge on any atom is 0.314 e. The highest BCUT2D eigenvalue weighted by atomic mass is 16.5. The lowest BCUT2D eigenvalue weighted by atomic mass is 9.94. The normalized spacial score (nSPS) is 23.1. The highest BCUT2D eigenvalue weighted by molar-refractivity contribution is 5.79. The molecule has 0 aliphatic carbocycles. The molecule has 1 aliphatic heterocycles. The van der Waals surface area contributed by atoms with Crippen LogP contribution in [0.5, 0.6) is 0 Å². The van der Waals surface area contributed by atoms with Crippen molar-refractivity contribution in [3.8, 4) is 0 Å². The first kappa shape index (κ1) is 15.3. The summed E-state index contributed by atoms with van der Waals surface area (Å²) in [6.07, 6.45) is 0.453. The molecule has 1 aliphatic rings. The van der Waals surface area contributed by atoms with Crippen molar-refractivity contribution in [1.29, 1.82) is 0 Å². The van der Waals surface area contributed by atoms with Gasteiger partial charge >= 0.3 is 12.0 Å². The standard InChI is InChI=1S/C12H21N3O4/c1-7(2)10(16)14-9-4-8(11(17)19-3)5-15(6-9)12(13)18/h7-9H,4-6H2,1-3H3,(H2,13,18)(H,14,16). The average Bonchev–Trinajstić information content (AvgIpc) is 2.37. The number of nitrogens with one attached hydrogen (secondary N) is 1. The van der Waals surface area contributed by atoms with Crippen molar-refractivity contribution in [1.82, 2.24) is 10.2 Å². The van der Waals surface area contributed by atoms with Crippen LogP contribution in [0, 0.1) is 11.8 Å². The smallest absolute Gasteiger partial charge is 0.314 e. The summed E-state index contributed by atoms with van der Waals surface area (Å²) in [6, 6.07) is -0.877. The molecule has 0 radical (unpaired) electrons. The molecular formula is C12H21N3O4. The number of amides is 3. The molecule has 7 heteroatoms. The van der Waals surface area contributed by atoms with Gasteiger partial charge in [0.15, 0.2) is 0 Å². The Morgan fingerprint density at radius 1 is 1.32 bits per heavy atom. The van der Waals surface area contributed by atoms with Gasteiger partial charge in [0, 0.05) is 25.0 Å². The summed E-state index contributed by atoms with van der Waals surface area (Å²) in [5.41, 5.74) is 5.25. The molecule has 0 aromatic carbocycles. The third kappa shape index (κ3) is 4.11. The average molecular weight is 271 g/mol. The summed E-state index contributed by atoms with van der Waals surface area (Å²) in [4.78, 5) is 35.9. The van der Waals surface area contributed by atoms with Crippen molar-refractivity contribution in [2.75, 3.05) is 20.2 Å². The van der Waals surface area contributed by atoms with Crippen LogP contribution in [0.2, 0.25) is 0 Å². The fraction of sp³-hybridized carbons (Fsp3) is 0.750. The van der Waals surface area contributed by atoms with Gasteiger partial charge in [-0.2, -0.15) is 0 Å². The van der Waals surface area contributed by atoms with Gasteiger partial charge in [-0.15, -0.1) is 0 Å². The maximum absolute atomic E-state index is 11.7. The highest BCUT2D eigenvalue weighted by Crippen LogP contribution is 2.18. The SMILES string of the molecule is COC(=O)C1CC(NC(=O)C(C)C)CN(C(N)=O)C1. The van der Waals surface area contributed by atoms with Crippen molar-refractivity contribution in [2.45, 2.75) is 26.3 Å². The van der Waals surface area contributed by atoms with Crippen molar-refractivity contribution in [2.24, 2.45) is 17.6 Å². The zero-order valence-electron chi connectivity index (χ0n) is 11.5. The molecule has 0 saturated carbocycles. The van der Waals surface area contributed by atoms with Gasteiger partial charge in [0.1, 0.15) is 0 Å². The van der Waals surface area contributed by atoms with E-state index in [1.807, 2.05) is 0 Å². The number of hydrogen-bond donors (Lipinski definition) is 2. The Bertz CT molecular complexity index is 370. The number of esters is 1. The Labute approximate surface area is 112 Å². The third-order valence-corrected chi connectivity index (χ3v) is 3.17. The monoisotopic (exact) mass is 271 g/mol. The van der Waals surface area contributed by atoms with Crippen molar-refractivity contribution in [3.05, 3.63) is 0 Å². The fourth-order valence-electron chi connectivity index (χ4n) is 2.09. The number of hydrogen-bond acceptors (Lipinski definition) is 4. The highest BCUT2D eigenvalue weighted by Gasteiger charge is 2.34. The van der Waals surface area contributed by atoms with Crippen molar-refractivity contribution >= 4 is 17.9 Å². The molecule has 2 unspecified atom stereocenters. The third-order valence-electron chi connectivity index (χ3n) is 3.17. The summed E-state index contributed by atoms with van der Waals surface area (Å²) in [5, 5.41) is 2.82. The zero-order chi connectivity index (χ0) is 14.6. The zero-order valence-corrected chi connectivity index (χ0v) is 11.5. The van der Waals surface area contributed by atoms with Crippen molar-refractivity contribution in [3.63, 3.8) is 0 Å². The second-order valence-electron chi connectivity index (χ2n) is 5.06. The van der Waals surface area contributed by atoms with Gasteiger partial charge in [0.05, 0.1) is 13.0 Å². The molecule has 7 nitrogen and oxygen atoms in total. The number of carbonyl (C=O) groups is 3. The second kappa shape index (κ2) is 6.40. The minimum absolute atomic E-state index is 0.111. The molecule has 0 aromatic heterocycles. The molecule has 108 valence electrons. The minimum atomic E-state index is -0.600. The van der Waals surface area contributed by atoms with Crippen LogP contribution < -0.4 is 11.1 Å². The Kier molecular flexibility index (Phi) is 5.14. The van der Waals surface area contributed by atoms with Gasteiger partial charge in [-0.3, -0.25) is 9.59 Å². The van der Waals surface area contributed by atoms with Crippen molar-refractivity contribution < 1.29 is 19.1 Å². The summed E-state index contributed by atoms with van der Waals surface area (Å²) in [7, 11) is 1.30. The Balaban J connectivity index is 2.73. The van der Waals surface area contributed by atoms with Gasteiger partial charge in [0.25, 0.3) is 0 Å². The predicted octanol–water partition coefficient (Wildman–Crippen LogP) is -0.299. The van der Waals surface area contributed by atoms with Crippen LogP contribution in [0.3, 0.4) is 0 Å². The molecular weight excluding hydrogens is 250 g/mol. The molecule has 1 fully saturated rings.